The van der Waals surface area contributed by atoms with Crippen molar-refractivity contribution >= 4 is 45.5 Å². The zero-order valence-corrected chi connectivity index (χ0v) is 18.8. The second-order valence-corrected chi connectivity index (χ2v) is 7.96. The Morgan fingerprint density at radius 3 is 2.28 bits per heavy atom. The molecule has 0 bridgehead atoms. The van der Waals surface area contributed by atoms with Gasteiger partial charge >= 0.3 is 0 Å². The predicted molar refractivity (Wildman–Crippen MR) is 126 cm³/mol. The molecule has 2 aromatic carbocycles. The number of aliphatic imine (C=N–C) groups is 1. The number of aryl methyl sites for hydroxylation is 1. The maximum absolute atomic E-state index is 13.0. The van der Waals surface area contributed by atoms with Gasteiger partial charge < -0.3 is 24.1 Å². The Morgan fingerprint density at radius 2 is 1.62 bits per heavy atom. The van der Waals surface area contributed by atoms with Gasteiger partial charge in [-0.05, 0) is 41.4 Å². The lowest BCUT2D eigenvalue weighted by Gasteiger charge is -2.09. The molecule has 1 N–H and O–H groups in total. The number of methoxy groups -OCH3 is 3. The number of nitrogens with one attached hydrogen (secondary N) is 1. The number of amidine groups is 1. The SMILES string of the molecule is COc1cc(N=C2NC(=O)S/C2=C\c2cc3ccc(OC)cc3n(C)c2=O)cc(OC)c1. The predicted octanol–water partition coefficient (Wildman–Crippen LogP) is 4.09. The third-order valence-electron chi connectivity index (χ3n) is 4.98. The molecule has 9 heteroatoms. The normalized spacial score (nSPS) is 15.9. The lowest BCUT2D eigenvalue weighted by atomic mass is 10.1. The van der Waals surface area contributed by atoms with E-state index in [-0.39, 0.29) is 10.8 Å². The van der Waals surface area contributed by atoms with E-state index in [0.717, 1.165) is 22.7 Å². The second kappa shape index (κ2) is 8.80. The average Bonchev–Trinajstić information content (AvgIpc) is 3.14. The number of carbonyl (C=O) groups excluding carboxylic acids is 1. The molecule has 1 aliphatic rings. The van der Waals surface area contributed by atoms with E-state index in [9.17, 15) is 9.59 Å². The fraction of sp³-hybridized carbons (Fsp3) is 0.174. The maximum atomic E-state index is 13.0. The molecule has 1 amide bonds. The Kier molecular flexibility index (Phi) is 5.91. The molecule has 2 heterocycles. The number of hydrogen-bond acceptors (Lipinski definition) is 7. The lowest BCUT2D eigenvalue weighted by molar-refractivity contribution is 0.265. The molecule has 0 unspecified atom stereocenters. The molecular formula is C23H21N3O5S. The number of fused-ring (bicyclic) bond motifs is 1. The highest BCUT2D eigenvalue weighted by atomic mass is 32.2. The van der Waals surface area contributed by atoms with Gasteiger partial charge in [0.05, 0.1) is 37.4 Å². The van der Waals surface area contributed by atoms with E-state index in [2.05, 4.69) is 10.3 Å². The number of nitrogens with zero attached hydrogens (tertiary/aromatic N) is 2. The first kappa shape index (κ1) is 21.5. The Hall–Kier alpha value is -3.72. The summed E-state index contributed by atoms with van der Waals surface area (Å²) in [4.78, 5) is 30.2. The van der Waals surface area contributed by atoms with E-state index >= 15 is 0 Å². The molecule has 0 spiro atoms. The van der Waals surface area contributed by atoms with Gasteiger partial charge in [-0.1, -0.05) is 0 Å². The number of amides is 1. The second-order valence-electron chi connectivity index (χ2n) is 6.94. The van der Waals surface area contributed by atoms with E-state index in [1.807, 2.05) is 18.2 Å². The van der Waals surface area contributed by atoms with Crippen LogP contribution in [0.4, 0.5) is 10.5 Å². The van der Waals surface area contributed by atoms with E-state index in [0.29, 0.717) is 39.2 Å². The highest BCUT2D eigenvalue weighted by Crippen LogP contribution is 2.32. The lowest BCUT2D eigenvalue weighted by Crippen LogP contribution is -2.21. The minimum absolute atomic E-state index is 0.194. The number of carbonyl (C=O) groups is 1. The van der Waals surface area contributed by atoms with Crippen molar-refractivity contribution in [3.63, 3.8) is 0 Å². The van der Waals surface area contributed by atoms with E-state index < -0.39 is 0 Å². The van der Waals surface area contributed by atoms with Gasteiger partial charge in [0.2, 0.25) is 0 Å². The standard InChI is InChI=1S/C23H21N3O5S/c1-26-19-12-16(29-2)6-5-13(19)7-14(22(26)27)8-20-21(25-23(28)32-20)24-15-9-17(30-3)11-18(10-15)31-4/h5-12H,1-4H3,(H,24,25,28)/b20-8-. The molecule has 4 rings (SSSR count). The monoisotopic (exact) mass is 451 g/mol. The smallest absolute Gasteiger partial charge is 0.289 e. The van der Waals surface area contributed by atoms with Gasteiger partial charge in [0.15, 0.2) is 0 Å². The van der Waals surface area contributed by atoms with Crippen LogP contribution in [0, 0.1) is 0 Å². The van der Waals surface area contributed by atoms with Crippen LogP contribution in [-0.2, 0) is 7.05 Å². The first-order valence-electron chi connectivity index (χ1n) is 9.62. The summed E-state index contributed by atoms with van der Waals surface area (Å²) >= 11 is 0.983. The zero-order chi connectivity index (χ0) is 22.8. The van der Waals surface area contributed by atoms with Crippen LogP contribution in [0.15, 0.2) is 57.2 Å². The Morgan fingerprint density at radius 1 is 0.938 bits per heavy atom. The van der Waals surface area contributed by atoms with E-state index in [1.54, 1.807) is 63.3 Å². The van der Waals surface area contributed by atoms with E-state index in [1.165, 1.54) is 0 Å². The molecule has 0 aliphatic carbocycles. The largest absolute Gasteiger partial charge is 0.497 e. The van der Waals surface area contributed by atoms with Crippen molar-refractivity contribution < 1.29 is 19.0 Å². The Labute approximate surface area is 188 Å². The summed E-state index contributed by atoms with van der Waals surface area (Å²) in [5.41, 5.74) is 1.55. The fourth-order valence-corrected chi connectivity index (χ4v) is 4.07. The quantitative estimate of drug-likeness (QED) is 0.628. The van der Waals surface area contributed by atoms with Crippen LogP contribution in [0.3, 0.4) is 0 Å². The van der Waals surface area contributed by atoms with Crippen molar-refractivity contribution in [2.75, 3.05) is 21.3 Å². The van der Waals surface area contributed by atoms with Crippen molar-refractivity contribution in [3.05, 3.63) is 63.3 Å². The number of aromatic nitrogens is 1. The summed E-state index contributed by atoms with van der Waals surface area (Å²) in [6, 6.07) is 12.5. The van der Waals surface area contributed by atoms with Crippen molar-refractivity contribution in [2.45, 2.75) is 0 Å². The minimum atomic E-state index is -0.271. The van der Waals surface area contributed by atoms with Crippen LogP contribution < -0.4 is 25.1 Å². The third kappa shape index (κ3) is 4.19. The maximum Gasteiger partial charge on any atom is 0.289 e. The summed E-state index contributed by atoms with van der Waals surface area (Å²) in [5, 5.41) is 3.33. The van der Waals surface area contributed by atoms with Crippen LogP contribution in [0.2, 0.25) is 0 Å². The molecule has 32 heavy (non-hydrogen) atoms. The highest BCUT2D eigenvalue weighted by Gasteiger charge is 2.24. The number of rotatable bonds is 5. The van der Waals surface area contributed by atoms with Gasteiger partial charge in [-0.25, -0.2) is 4.99 Å². The molecule has 8 nitrogen and oxygen atoms in total. The van der Waals surface area contributed by atoms with Crippen LogP contribution in [0.1, 0.15) is 5.56 Å². The van der Waals surface area contributed by atoms with Gasteiger partial charge in [0.1, 0.15) is 23.1 Å². The van der Waals surface area contributed by atoms with Crippen molar-refractivity contribution in [2.24, 2.45) is 12.0 Å². The number of benzene rings is 2. The fourth-order valence-electron chi connectivity index (χ4n) is 3.34. The Balaban J connectivity index is 1.80. The van der Waals surface area contributed by atoms with Crippen LogP contribution in [0.5, 0.6) is 17.2 Å². The summed E-state index contributed by atoms with van der Waals surface area (Å²) in [5.74, 6) is 2.17. The van der Waals surface area contributed by atoms with Gasteiger partial charge in [-0.15, -0.1) is 0 Å². The number of pyridine rings is 1. The zero-order valence-electron chi connectivity index (χ0n) is 18.0. The van der Waals surface area contributed by atoms with Crippen LogP contribution in [-0.4, -0.2) is 37.0 Å². The highest BCUT2D eigenvalue weighted by molar-refractivity contribution is 8.18. The molecule has 164 valence electrons. The third-order valence-corrected chi connectivity index (χ3v) is 5.80. The molecule has 1 aliphatic heterocycles. The van der Waals surface area contributed by atoms with Gasteiger partial charge in [-0.3, -0.25) is 9.59 Å². The van der Waals surface area contributed by atoms with Crippen LogP contribution >= 0.6 is 11.8 Å². The number of hydrogen-bond donors (Lipinski definition) is 1. The van der Waals surface area contributed by atoms with Crippen molar-refractivity contribution in [1.29, 1.82) is 0 Å². The Bertz CT molecular complexity index is 1320. The van der Waals surface area contributed by atoms with Crippen LogP contribution in [0.25, 0.3) is 17.0 Å². The minimum Gasteiger partial charge on any atom is -0.497 e. The molecular weight excluding hydrogens is 430 g/mol. The van der Waals surface area contributed by atoms with Gasteiger partial charge in [0, 0.05) is 36.9 Å². The number of ether oxygens (including phenoxy) is 3. The summed E-state index contributed by atoms with van der Waals surface area (Å²) in [6.07, 6.45) is 1.67. The summed E-state index contributed by atoms with van der Waals surface area (Å²) in [6.45, 7) is 0. The molecule has 1 aromatic heterocycles. The molecule has 0 radical (unpaired) electrons. The molecule has 0 atom stereocenters. The average molecular weight is 452 g/mol. The summed E-state index contributed by atoms with van der Waals surface area (Å²) in [7, 11) is 6.39. The van der Waals surface area contributed by atoms with Crippen molar-refractivity contribution in [3.8, 4) is 17.2 Å². The van der Waals surface area contributed by atoms with Crippen molar-refractivity contribution in [1.82, 2.24) is 9.88 Å². The van der Waals surface area contributed by atoms with Gasteiger partial charge in [0.25, 0.3) is 10.8 Å². The van der Waals surface area contributed by atoms with Gasteiger partial charge in [-0.2, -0.15) is 0 Å². The first-order valence-corrected chi connectivity index (χ1v) is 10.4. The summed E-state index contributed by atoms with van der Waals surface area (Å²) < 4.78 is 17.4. The molecule has 0 saturated carbocycles. The van der Waals surface area contributed by atoms with E-state index in [4.69, 9.17) is 14.2 Å². The number of thioether (sulfide) groups is 1. The topological polar surface area (TPSA) is 91.1 Å². The molecule has 3 aromatic rings. The molecule has 1 saturated heterocycles. The first-order chi connectivity index (χ1) is 15.4. The molecule has 1 fully saturated rings.